The summed E-state index contributed by atoms with van der Waals surface area (Å²) in [6.45, 7) is 1.89. The Hall–Kier alpha value is -1.71. The maximum atomic E-state index is 12.4. The minimum absolute atomic E-state index is 0.0426. The van der Waals surface area contributed by atoms with Crippen LogP contribution in [0.1, 0.15) is 39.0 Å². The third-order valence-electron chi connectivity index (χ3n) is 4.87. The standard InChI is InChI=1S/C18H24N2O5S2/c1-14-13-26(22,23)20(18(14)21)16-7-9-17(10-8-16)27(24,25)19-12-11-15-5-3-2-4-6-15/h5,7-10,14,19H,2-4,6,11-13H2,1H3/t14-/m1/s1. The second-order valence-electron chi connectivity index (χ2n) is 7.03. The first-order chi connectivity index (χ1) is 12.7. The SMILES string of the molecule is C[C@@H]1CS(=O)(=O)N(c2ccc(S(=O)(=O)NCCC3=CCCCC3)cc2)C1=O. The maximum absolute atomic E-state index is 12.4. The molecule has 3 rings (SSSR count). The highest BCUT2D eigenvalue weighted by molar-refractivity contribution is 7.94. The van der Waals surface area contributed by atoms with Crippen molar-refractivity contribution in [1.82, 2.24) is 4.72 Å². The van der Waals surface area contributed by atoms with Crippen molar-refractivity contribution in [3.05, 3.63) is 35.9 Å². The van der Waals surface area contributed by atoms with E-state index >= 15 is 0 Å². The lowest BCUT2D eigenvalue weighted by atomic mass is 9.97. The molecule has 0 aromatic heterocycles. The van der Waals surface area contributed by atoms with E-state index in [9.17, 15) is 21.6 Å². The summed E-state index contributed by atoms with van der Waals surface area (Å²) in [6.07, 6.45) is 7.29. The van der Waals surface area contributed by atoms with Crippen LogP contribution in [0.15, 0.2) is 40.8 Å². The van der Waals surface area contributed by atoms with E-state index < -0.39 is 31.9 Å². The number of allylic oxidation sites excluding steroid dienone is 1. The van der Waals surface area contributed by atoms with Crippen molar-refractivity contribution in [2.75, 3.05) is 16.6 Å². The highest BCUT2D eigenvalue weighted by atomic mass is 32.2. The van der Waals surface area contributed by atoms with Gasteiger partial charge in [-0.05, 0) is 56.4 Å². The molecule has 0 radical (unpaired) electrons. The van der Waals surface area contributed by atoms with Crippen LogP contribution in [0.5, 0.6) is 0 Å². The summed E-state index contributed by atoms with van der Waals surface area (Å²) in [5.74, 6) is -1.33. The van der Waals surface area contributed by atoms with Gasteiger partial charge >= 0.3 is 0 Å². The molecule has 9 heteroatoms. The van der Waals surface area contributed by atoms with Gasteiger partial charge in [-0.15, -0.1) is 0 Å². The van der Waals surface area contributed by atoms with Crippen LogP contribution >= 0.6 is 0 Å². The zero-order valence-corrected chi connectivity index (χ0v) is 16.9. The second kappa shape index (κ2) is 7.73. The summed E-state index contributed by atoms with van der Waals surface area (Å²) < 4.78 is 52.4. The lowest BCUT2D eigenvalue weighted by molar-refractivity contribution is -0.119. The van der Waals surface area contributed by atoms with Crippen LogP contribution < -0.4 is 9.03 Å². The van der Waals surface area contributed by atoms with E-state index in [0.717, 1.165) is 23.6 Å². The average Bonchev–Trinajstić information content (AvgIpc) is 2.83. The van der Waals surface area contributed by atoms with Gasteiger partial charge in [-0.2, -0.15) is 0 Å². The van der Waals surface area contributed by atoms with E-state index in [-0.39, 0.29) is 16.3 Å². The molecule has 0 bridgehead atoms. The molecule has 1 aromatic carbocycles. The molecular weight excluding hydrogens is 388 g/mol. The van der Waals surface area contributed by atoms with Crippen molar-refractivity contribution in [3.63, 3.8) is 0 Å². The quantitative estimate of drug-likeness (QED) is 0.722. The fourth-order valence-electron chi connectivity index (χ4n) is 3.41. The number of rotatable bonds is 6. The largest absolute Gasteiger partial charge is 0.273 e. The lowest BCUT2D eigenvalue weighted by Gasteiger charge is -2.16. The predicted molar refractivity (Wildman–Crippen MR) is 103 cm³/mol. The third-order valence-corrected chi connectivity index (χ3v) is 8.21. The number of nitrogens with zero attached hydrogens (tertiary/aromatic N) is 1. The van der Waals surface area contributed by atoms with E-state index in [2.05, 4.69) is 10.8 Å². The number of amides is 1. The van der Waals surface area contributed by atoms with Crippen LogP contribution in [-0.4, -0.2) is 35.0 Å². The first kappa shape index (κ1) is 20.0. The average molecular weight is 413 g/mol. The van der Waals surface area contributed by atoms with Gasteiger partial charge in [-0.25, -0.2) is 25.9 Å². The van der Waals surface area contributed by atoms with E-state index in [1.165, 1.54) is 36.3 Å². The Morgan fingerprint density at radius 3 is 2.44 bits per heavy atom. The summed E-state index contributed by atoms with van der Waals surface area (Å²) in [6, 6.07) is 5.35. The Balaban J connectivity index is 1.69. The molecule has 1 N–H and O–H groups in total. The van der Waals surface area contributed by atoms with E-state index in [0.29, 0.717) is 13.0 Å². The number of anilines is 1. The van der Waals surface area contributed by atoms with Gasteiger partial charge in [0.1, 0.15) is 0 Å². The molecule has 2 aliphatic rings. The van der Waals surface area contributed by atoms with Crippen molar-refractivity contribution in [2.45, 2.75) is 43.9 Å². The number of carbonyl (C=O) groups excluding carboxylic acids is 1. The Morgan fingerprint density at radius 2 is 1.89 bits per heavy atom. The van der Waals surface area contributed by atoms with Crippen LogP contribution in [0.25, 0.3) is 0 Å². The van der Waals surface area contributed by atoms with Crippen molar-refractivity contribution in [3.8, 4) is 0 Å². The maximum Gasteiger partial charge on any atom is 0.244 e. The highest BCUT2D eigenvalue weighted by Crippen LogP contribution is 2.29. The fourth-order valence-corrected chi connectivity index (χ4v) is 6.26. The lowest BCUT2D eigenvalue weighted by Crippen LogP contribution is -2.30. The van der Waals surface area contributed by atoms with Crippen LogP contribution in [0.2, 0.25) is 0 Å². The summed E-state index contributed by atoms with van der Waals surface area (Å²) in [5, 5.41) is 0. The monoisotopic (exact) mass is 412 g/mol. The normalized spacial score (nSPS) is 22.7. The smallest absolute Gasteiger partial charge is 0.244 e. The molecular formula is C18H24N2O5S2. The van der Waals surface area contributed by atoms with E-state index in [4.69, 9.17) is 0 Å². The Kier molecular flexibility index (Phi) is 5.73. The minimum atomic E-state index is -3.70. The molecule has 1 amide bonds. The Bertz CT molecular complexity index is 950. The van der Waals surface area contributed by atoms with Crippen molar-refractivity contribution >= 4 is 31.6 Å². The number of carbonyl (C=O) groups is 1. The van der Waals surface area contributed by atoms with Gasteiger partial charge in [0.25, 0.3) is 0 Å². The molecule has 1 saturated heterocycles. The van der Waals surface area contributed by atoms with Gasteiger partial charge in [-0.3, -0.25) is 4.79 Å². The van der Waals surface area contributed by atoms with Crippen LogP contribution in [-0.2, 0) is 24.8 Å². The number of nitrogens with one attached hydrogen (secondary N) is 1. The molecule has 148 valence electrons. The molecule has 1 aliphatic carbocycles. The fraction of sp³-hybridized carbons (Fsp3) is 0.500. The number of hydrogen-bond donors (Lipinski definition) is 1. The first-order valence-corrected chi connectivity index (χ1v) is 12.1. The zero-order valence-electron chi connectivity index (χ0n) is 15.2. The predicted octanol–water partition coefficient (Wildman–Crippen LogP) is 2.17. The van der Waals surface area contributed by atoms with Gasteiger partial charge in [-0.1, -0.05) is 18.6 Å². The molecule has 1 fully saturated rings. The minimum Gasteiger partial charge on any atom is -0.273 e. The van der Waals surface area contributed by atoms with E-state index in [1.807, 2.05) is 0 Å². The van der Waals surface area contributed by atoms with Gasteiger partial charge in [0.2, 0.25) is 26.0 Å². The van der Waals surface area contributed by atoms with Crippen molar-refractivity contribution in [2.24, 2.45) is 5.92 Å². The Morgan fingerprint density at radius 1 is 1.19 bits per heavy atom. The van der Waals surface area contributed by atoms with Gasteiger partial charge in [0.15, 0.2) is 0 Å². The second-order valence-corrected chi connectivity index (χ2v) is 10.7. The number of sulfonamides is 2. The van der Waals surface area contributed by atoms with Crippen LogP contribution in [0, 0.1) is 5.92 Å². The topological polar surface area (TPSA) is 101 Å². The molecule has 1 atom stereocenters. The van der Waals surface area contributed by atoms with Crippen molar-refractivity contribution < 1.29 is 21.6 Å². The molecule has 1 aliphatic heterocycles. The molecule has 1 aromatic rings. The molecule has 1 heterocycles. The summed E-state index contributed by atoms with van der Waals surface area (Å²) in [4.78, 5) is 12.1. The molecule has 27 heavy (non-hydrogen) atoms. The number of benzene rings is 1. The summed E-state index contributed by atoms with van der Waals surface area (Å²) >= 11 is 0. The zero-order chi connectivity index (χ0) is 19.7. The van der Waals surface area contributed by atoms with Crippen LogP contribution in [0.3, 0.4) is 0 Å². The third kappa shape index (κ3) is 4.41. The molecule has 7 nitrogen and oxygen atoms in total. The van der Waals surface area contributed by atoms with Gasteiger partial charge in [0.05, 0.1) is 22.3 Å². The number of hydrogen-bond acceptors (Lipinski definition) is 5. The molecule has 0 unspecified atom stereocenters. The molecule has 0 spiro atoms. The first-order valence-electron chi connectivity index (χ1n) is 9.05. The highest BCUT2D eigenvalue weighted by Gasteiger charge is 2.41. The molecule has 0 saturated carbocycles. The van der Waals surface area contributed by atoms with Gasteiger partial charge in [0, 0.05) is 6.54 Å². The Labute approximate surface area is 160 Å². The van der Waals surface area contributed by atoms with Crippen molar-refractivity contribution in [1.29, 1.82) is 0 Å². The van der Waals surface area contributed by atoms with Crippen LogP contribution in [0.4, 0.5) is 5.69 Å². The summed E-state index contributed by atoms with van der Waals surface area (Å²) in [7, 11) is -7.39. The summed E-state index contributed by atoms with van der Waals surface area (Å²) in [5.41, 5.74) is 1.45. The van der Waals surface area contributed by atoms with E-state index in [1.54, 1.807) is 6.92 Å². The van der Waals surface area contributed by atoms with Gasteiger partial charge < -0.3 is 0 Å².